The number of amides is 3. The van der Waals surface area contributed by atoms with Gasteiger partial charge in [0, 0.05) is 5.69 Å². The van der Waals surface area contributed by atoms with Gasteiger partial charge < -0.3 is 14.8 Å². The zero-order valence-corrected chi connectivity index (χ0v) is 22.2. The van der Waals surface area contributed by atoms with Gasteiger partial charge in [-0.3, -0.25) is 24.1 Å². The van der Waals surface area contributed by atoms with Crippen molar-refractivity contribution >= 4 is 78.4 Å². The van der Waals surface area contributed by atoms with Crippen molar-refractivity contribution in [1.82, 2.24) is 4.90 Å². The van der Waals surface area contributed by atoms with Crippen LogP contribution in [-0.4, -0.2) is 47.7 Å². The largest absolute Gasteiger partial charge is 0.481 e. The third-order valence-corrected chi connectivity index (χ3v) is 6.52. The van der Waals surface area contributed by atoms with E-state index in [1.54, 1.807) is 31.2 Å². The van der Waals surface area contributed by atoms with E-state index in [2.05, 4.69) is 37.2 Å². The first-order valence-corrected chi connectivity index (χ1v) is 12.5. The lowest BCUT2D eigenvalue weighted by atomic mass is 10.2. The van der Waals surface area contributed by atoms with Crippen molar-refractivity contribution in [2.45, 2.75) is 13.8 Å². The van der Waals surface area contributed by atoms with E-state index in [4.69, 9.17) is 9.47 Å². The van der Waals surface area contributed by atoms with Gasteiger partial charge >= 0.3 is 5.97 Å². The van der Waals surface area contributed by atoms with Crippen molar-refractivity contribution in [1.29, 1.82) is 0 Å². The number of imide groups is 1. The summed E-state index contributed by atoms with van der Waals surface area (Å²) in [4.78, 5) is 49.6. The molecule has 2 aromatic rings. The fourth-order valence-corrected chi connectivity index (χ4v) is 5.27. The average molecular weight is 612 g/mol. The van der Waals surface area contributed by atoms with Crippen molar-refractivity contribution in [2.24, 2.45) is 0 Å². The molecule has 1 aliphatic heterocycles. The molecule has 2 aromatic carbocycles. The Balaban J connectivity index is 1.67. The van der Waals surface area contributed by atoms with Crippen LogP contribution in [0.3, 0.4) is 0 Å². The summed E-state index contributed by atoms with van der Waals surface area (Å²) in [7, 11) is 0. The number of carbonyl (C=O) groups excluding carboxylic acids is 4. The van der Waals surface area contributed by atoms with Crippen LogP contribution in [-0.2, 0) is 19.1 Å². The van der Waals surface area contributed by atoms with Gasteiger partial charge in [0.1, 0.15) is 12.3 Å². The second kappa shape index (κ2) is 11.7. The molecule has 34 heavy (non-hydrogen) atoms. The number of nitrogens with one attached hydrogen (secondary N) is 1. The lowest BCUT2D eigenvalue weighted by molar-refractivity contribution is -0.146. The molecule has 0 atom stereocenters. The maximum absolute atomic E-state index is 12.6. The minimum Gasteiger partial charge on any atom is -0.481 e. The number of aryl methyl sites for hydroxylation is 1. The fourth-order valence-electron chi connectivity index (χ4n) is 2.98. The van der Waals surface area contributed by atoms with Crippen molar-refractivity contribution < 1.29 is 28.7 Å². The Kier molecular flexibility index (Phi) is 8.92. The summed E-state index contributed by atoms with van der Waals surface area (Å²) >= 11 is 7.58. The van der Waals surface area contributed by atoms with E-state index in [0.29, 0.717) is 25.9 Å². The molecule has 1 aliphatic rings. The Morgan fingerprint density at radius 2 is 1.85 bits per heavy atom. The Morgan fingerprint density at radius 3 is 2.50 bits per heavy atom. The number of rotatable bonds is 8. The standard InChI is InChI=1S/C23H20Br2N2O6S/c1-3-32-20(29)11-27-22(30)18(34-23(27)31)10-14-8-16(24)21(17(25)9-14)33-12-19(28)26-15-6-4-5-13(2)7-15/h4-10H,3,11-12H2,1-2H3,(H,26,28)/b18-10-. The minimum atomic E-state index is -0.649. The monoisotopic (exact) mass is 610 g/mol. The summed E-state index contributed by atoms with van der Waals surface area (Å²) < 4.78 is 11.6. The average Bonchev–Trinajstić information content (AvgIpc) is 3.00. The van der Waals surface area contributed by atoms with Gasteiger partial charge in [0.15, 0.2) is 6.61 Å². The number of carbonyl (C=O) groups is 4. The van der Waals surface area contributed by atoms with Crippen molar-refractivity contribution in [2.75, 3.05) is 25.1 Å². The lowest BCUT2D eigenvalue weighted by Gasteiger charge is -2.12. The maximum Gasteiger partial charge on any atom is 0.326 e. The van der Waals surface area contributed by atoms with E-state index in [0.717, 1.165) is 22.2 Å². The highest BCUT2D eigenvalue weighted by molar-refractivity contribution is 9.11. The van der Waals surface area contributed by atoms with E-state index in [-0.39, 0.29) is 24.0 Å². The number of halogens is 2. The van der Waals surface area contributed by atoms with Crippen LogP contribution in [0.4, 0.5) is 10.5 Å². The van der Waals surface area contributed by atoms with Crippen LogP contribution in [0.1, 0.15) is 18.1 Å². The third-order valence-electron chi connectivity index (χ3n) is 4.43. The highest BCUT2D eigenvalue weighted by Gasteiger charge is 2.36. The molecule has 8 nitrogen and oxygen atoms in total. The van der Waals surface area contributed by atoms with Gasteiger partial charge in [-0.15, -0.1) is 0 Å². The SMILES string of the molecule is CCOC(=O)CN1C(=O)S/C(=C\c2cc(Br)c(OCC(=O)Nc3cccc(C)c3)c(Br)c2)C1=O. The molecule has 1 heterocycles. The van der Waals surface area contributed by atoms with Crippen LogP contribution in [0.2, 0.25) is 0 Å². The summed E-state index contributed by atoms with van der Waals surface area (Å²) in [5.74, 6) is -1.12. The molecular weight excluding hydrogens is 592 g/mol. The molecule has 0 radical (unpaired) electrons. The zero-order valence-electron chi connectivity index (χ0n) is 18.2. The van der Waals surface area contributed by atoms with E-state index in [9.17, 15) is 19.2 Å². The Morgan fingerprint density at radius 1 is 1.15 bits per heavy atom. The summed E-state index contributed by atoms with van der Waals surface area (Å²) in [6.07, 6.45) is 1.54. The van der Waals surface area contributed by atoms with Crippen molar-refractivity contribution in [3.05, 3.63) is 61.4 Å². The summed E-state index contributed by atoms with van der Waals surface area (Å²) in [5, 5.41) is 2.23. The van der Waals surface area contributed by atoms with Crippen LogP contribution in [0, 0.1) is 6.92 Å². The first kappa shape index (κ1) is 26.0. The highest BCUT2D eigenvalue weighted by Crippen LogP contribution is 2.37. The second-order valence-electron chi connectivity index (χ2n) is 7.09. The van der Waals surface area contributed by atoms with Crippen molar-refractivity contribution in [3.8, 4) is 5.75 Å². The molecule has 0 saturated carbocycles. The molecule has 3 amide bonds. The van der Waals surface area contributed by atoms with Gasteiger partial charge in [0.25, 0.3) is 17.1 Å². The van der Waals surface area contributed by atoms with Gasteiger partial charge in [0.2, 0.25) is 0 Å². The number of benzene rings is 2. The Hall–Kier alpha value is -2.63. The molecule has 0 unspecified atom stereocenters. The van der Waals surface area contributed by atoms with E-state index >= 15 is 0 Å². The van der Waals surface area contributed by atoms with Gasteiger partial charge in [-0.2, -0.15) is 0 Å². The number of ether oxygens (including phenoxy) is 2. The van der Waals surface area contributed by atoms with Gasteiger partial charge in [-0.05, 0) is 98.9 Å². The fraction of sp³-hybridized carbons (Fsp3) is 0.217. The van der Waals surface area contributed by atoms with E-state index < -0.39 is 23.7 Å². The predicted octanol–water partition coefficient (Wildman–Crippen LogP) is 5.14. The molecule has 1 N–H and O–H groups in total. The quantitative estimate of drug-likeness (QED) is 0.326. The van der Waals surface area contributed by atoms with Crippen LogP contribution in [0.25, 0.3) is 6.08 Å². The first-order chi connectivity index (χ1) is 16.2. The predicted molar refractivity (Wildman–Crippen MR) is 136 cm³/mol. The van der Waals surface area contributed by atoms with Crippen LogP contribution >= 0.6 is 43.6 Å². The molecule has 0 spiro atoms. The molecule has 0 bridgehead atoms. The molecule has 3 rings (SSSR count). The third kappa shape index (κ3) is 6.71. The normalized spacial score (nSPS) is 14.5. The van der Waals surface area contributed by atoms with Gasteiger partial charge in [-0.1, -0.05) is 12.1 Å². The molecule has 1 saturated heterocycles. The first-order valence-electron chi connectivity index (χ1n) is 10.1. The van der Waals surface area contributed by atoms with E-state index in [1.165, 1.54) is 0 Å². The molecular formula is C23H20Br2N2O6S. The lowest BCUT2D eigenvalue weighted by Crippen LogP contribution is -2.34. The number of thioether (sulfide) groups is 1. The maximum atomic E-state index is 12.6. The second-order valence-corrected chi connectivity index (χ2v) is 9.79. The van der Waals surface area contributed by atoms with Gasteiger partial charge in [-0.25, -0.2) is 0 Å². The molecule has 178 valence electrons. The number of esters is 1. The highest BCUT2D eigenvalue weighted by atomic mass is 79.9. The molecule has 1 fully saturated rings. The van der Waals surface area contributed by atoms with Gasteiger partial charge in [0.05, 0.1) is 20.5 Å². The van der Waals surface area contributed by atoms with E-state index in [1.807, 2.05) is 25.1 Å². The smallest absolute Gasteiger partial charge is 0.326 e. The zero-order chi connectivity index (χ0) is 24.8. The Bertz CT molecular complexity index is 1160. The van der Waals surface area contributed by atoms with Crippen LogP contribution < -0.4 is 10.1 Å². The molecule has 11 heteroatoms. The summed E-state index contributed by atoms with van der Waals surface area (Å²) in [5.41, 5.74) is 2.31. The Labute approximate surface area is 217 Å². The summed E-state index contributed by atoms with van der Waals surface area (Å²) in [6.45, 7) is 3.10. The molecule has 0 aromatic heterocycles. The number of hydrogen-bond acceptors (Lipinski definition) is 7. The minimum absolute atomic E-state index is 0.162. The van der Waals surface area contributed by atoms with Crippen molar-refractivity contribution in [3.63, 3.8) is 0 Å². The topological polar surface area (TPSA) is 102 Å². The molecule has 0 aliphatic carbocycles. The number of nitrogens with zero attached hydrogens (tertiary/aromatic N) is 1. The van der Waals surface area contributed by atoms with Crippen LogP contribution in [0.15, 0.2) is 50.2 Å². The van der Waals surface area contributed by atoms with Crippen LogP contribution in [0.5, 0.6) is 5.75 Å². The number of anilines is 1. The number of hydrogen-bond donors (Lipinski definition) is 1. The summed E-state index contributed by atoms with van der Waals surface area (Å²) in [6, 6.07) is 10.8.